The third-order valence-electron chi connectivity index (χ3n) is 2.69. The van der Waals surface area contributed by atoms with Gasteiger partial charge in [0.25, 0.3) is 0 Å². The molecule has 3 N–H and O–H groups in total. The average Bonchev–Trinajstić information content (AvgIpc) is 2.23. The summed E-state index contributed by atoms with van der Waals surface area (Å²) in [5, 5.41) is 13.7. The fourth-order valence-corrected chi connectivity index (χ4v) is 1.51. The van der Waals surface area contributed by atoms with Crippen LogP contribution in [0.15, 0.2) is 0 Å². The number of carbonyl (C=O) groups is 2. The van der Waals surface area contributed by atoms with Crippen LogP contribution in [0.25, 0.3) is 0 Å². The van der Waals surface area contributed by atoms with Gasteiger partial charge in [-0.1, -0.05) is 6.92 Å². The molecule has 0 aliphatic carbocycles. The number of carboxylic acid groups (broad SMARTS) is 1. The third kappa shape index (κ3) is 6.43. The number of carbonyl (C=O) groups excluding carboxylic acids is 1. The van der Waals surface area contributed by atoms with Crippen LogP contribution in [-0.2, 0) is 14.6 Å². The summed E-state index contributed by atoms with van der Waals surface area (Å²) in [6, 6.07) is -0.570. The fourth-order valence-electron chi connectivity index (χ4n) is 1.04. The van der Waals surface area contributed by atoms with Gasteiger partial charge in [-0.25, -0.2) is 13.2 Å². The SMILES string of the molecule is CCC(C)(CNC(=O)NCCS(C)(=O)=O)C(=O)O. The molecular formula is C10H20N2O5S. The lowest BCUT2D eigenvalue weighted by atomic mass is 9.88. The molecule has 0 radical (unpaired) electrons. The van der Waals surface area contributed by atoms with Crippen LogP contribution in [0.4, 0.5) is 4.79 Å². The Morgan fingerprint density at radius 3 is 2.22 bits per heavy atom. The number of amides is 2. The van der Waals surface area contributed by atoms with E-state index in [0.29, 0.717) is 6.42 Å². The lowest BCUT2D eigenvalue weighted by Crippen LogP contribution is -2.45. The van der Waals surface area contributed by atoms with Crippen molar-refractivity contribution < 1.29 is 23.1 Å². The molecule has 0 saturated carbocycles. The molecular weight excluding hydrogens is 260 g/mol. The van der Waals surface area contributed by atoms with Gasteiger partial charge in [-0.2, -0.15) is 0 Å². The Bertz CT molecular complexity index is 406. The predicted molar refractivity (Wildman–Crippen MR) is 67.1 cm³/mol. The van der Waals surface area contributed by atoms with E-state index in [1.54, 1.807) is 6.92 Å². The summed E-state index contributed by atoms with van der Waals surface area (Å²) < 4.78 is 21.6. The van der Waals surface area contributed by atoms with Gasteiger partial charge in [0.1, 0.15) is 9.84 Å². The minimum atomic E-state index is -3.12. The van der Waals surface area contributed by atoms with E-state index in [0.717, 1.165) is 6.26 Å². The molecule has 18 heavy (non-hydrogen) atoms. The van der Waals surface area contributed by atoms with Crippen LogP contribution in [0, 0.1) is 5.41 Å². The molecule has 0 aliphatic rings. The number of rotatable bonds is 7. The monoisotopic (exact) mass is 280 g/mol. The van der Waals surface area contributed by atoms with E-state index in [4.69, 9.17) is 5.11 Å². The lowest BCUT2D eigenvalue weighted by Gasteiger charge is -2.23. The van der Waals surface area contributed by atoms with Crippen molar-refractivity contribution in [3.8, 4) is 0 Å². The van der Waals surface area contributed by atoms with E-state index in [1.165, 1.54) is 6.92 Å². The second-order valence-corrected chi connectivity index (χ2v) is 6.72. The van der Waals surface area contributed by atoms with Gasteiger partial charge in [0, 0.05) is 19.3 Å². The Hall–Kier alpha value is -1.31. The summed E-state index contributed by atoms with van der Waals surface area (Å²) in [4.78, 5) is 22.3. The smallest absolute Gasteiger partial charge is 0.314 e. The summed E-state index contributed by atoms with van der Waals surface area (Å²) in [6.45, 7) is 3.24. The van der Waals surface area contributed by atoms with Gasteiger partial charge >= 0.3 is 12.0 Å². The highest BCUT2D eigenvalue weighted by Crippen LogP contribution is 2.19. The highest BCUT2D eigenvalue weighted by molar-refractivity contribution is 7.90. The molecule has 0 bridgehead atoms. The first-order valence-corrected chi connectivity index (χ1v) is 7.59. The second-order valence-electron chi connectivity index (χ2n) is 4.46. The largest absolute Gasteiger partial charge is 0.481 e. The molecule has 1 unspecified atom stereocenters. The number of aliphatic carboxylic acids is 1. The number of sulfone groups is 1. The third-order valence-corrected chi connectivity index (χ3v) is 3.64. The zero-order valence-electron chi connectivity index (χ0n) is 10.8. The van der Waals surface area contributed by atoms with Gasteiger partial charge in [-0.05, 0) is 13.3 Å². The first kappa shape index (κ1) is 16.7. The summed E-state index contributed by atoms with van der Waals surface area (Å²) in [5.74, 6) is -1.13. The fraction of sp³-hybridized carbons (Fsp3) is 0.800. The van der Waals surface area contributed by atoms with E-state index < -0.39 is 27.3 Å². The molecule has 0 aliphatic heterocycles. The lowest BCUT2D eigenvalue weighted by molar-refractivity contribution is -0.147. The Balaban J connectivity index is 4.08. The summed E-state index contributed by atoms with van der Waals surface area (Å²) in [5.41, 5.74) is -1.02. The van der Waals surface area contributed by atoms with Gasteiger partial charge in [0.05, 0.1) is 11.2 Å². The maximum absolute atomic E-state index is 11.3. The van der Waals surface area contributed by atoms with Crippen molar-refractivity contribution in [1.82, 2.24) is 10.6 Å². The van der Waals surface area contributed by atoms with Crippen molar-refractivity contribution in [3.05, 3.63) is 0 Å². The van der Waals surface area contributed by atoms with Crippen molar-refractivity contribution in [2.75, 3.05) is 25.1 Å². The molecule has 0 saturated heterocycles. The van der Waals surface area contributed by atoms with Crippen LogP contribution in [-0.4, -0.2) is 50.6 Å². The molecule has 0 fully saturated rings. The Labute approximate surface area is 107 Å². The van der Waals surface area contributed by atoms with E-state index in [1.807, 2.05) is 0 Å². The molecule has 0 spiro atoms. The quantitative estimate of drug-likeness (QED) is 0.599. The molecule has 1 atom stereocenters. The Kier molecular flexibility index (Phi) is 6.10. The van der Waals surface area contributed by atoms with Crippen molar-refractivity contribution >= 4 is 21.8 Å². The van der Waals surface area contributed by atoms with E-state index in [9.17, 15) is 18.0 Å². The van der Waals surface area contributed by atoms with Crippen LogP contribution in [0.3, 0.4) is 0 Å². The normalized spacial score (nSPS) is 14.6. The predicted octanol–water partition coefficient (Wildman–Crippen LogP) is -0.169. The van der Waals surface area contributed by atoms with Crippen molar-refractivity contribution in [3.63, 3.8) is 0 Å². The average molecular weight is 280 g/mol. The molecule has 106 valence electrons. The van der Waals surface area contributed by atoms with E-state index >= 15 is 0 Å². The molecule has 0 heterocycles. The van der Waals surface area contributed by atoms with Gasteiger partial charge in [0.15, 0.2) is 0 Å². The van der Waals surface area contributed by atoms with Crippen LogP contribution in [0.2, 0.25) is 0 Å². The zero-order chi connectivity index (χ0) is 14.4. The number of nitrogens with one attached hydrogen (secondary N) is 2. The van der Waals surface area contributed by atoms with Crippen molar-refractivity contribution in [1.29, 1.82) is 0 Å². The molecule has 0 aromatic carbocycles. The first-order chi connectivity index (χ1) is 8.10. The molecule has 0 aromatic heterocycles. The van der Waals surface area contributed by atoms with E-state index in [2.05, 4.69) is 10.6 Å². The van der Waals surface area contributed by atoms with Crippen molar-refractivity contribution in [2.24, 2.45) is 5.41 Å². The van der Waals surface area contributed by atoms with Gasteiger partial charge in [0.2, 0.25) is 0 Å². The maximum atomic E-state index is 11.3. The van der Waals surface area contributed by atoms with Crippen LogP contribution in [0.5, 0.6) is 0 Å². The first-order valence-electron chi connectivity index (χ1n) is 5.53. The standard InChI is InChI=1S/C10H20N2O5S/c1-4-10(2,8(13)14)7-12-9(15)11-5-6-18(3,16)17/h4-7H2,1-3H3,(H,13,14)(H2,11,12,15). The highest BCUT2D eigenvalue weighted by Gasteiger charge is 2.31. The van der Waals surface area contributed by atoms with Crippen LogP contribution < -0.4 is 10.6 Å². The molecule has 7 nitrogen and oxygen atoms in total. The minimum Gasteiger partial charge on any atom is -0.481 e. The molecule has 0 rings (SSSR count). The molecule has 0 aromatic rings. The van der Waals surface area contributed by atoms with Gasteiger partial charge < -0.3 is 15.7 Å². The molecule has 8 heteroatoms. The van der Waals surface area contributed by atoms with Gasteiger partial charge in [-0.15, -0.1) is 0 Å². The maximum Gasteiger partial charge on any atom is 0.314 e. The molecule has 2 amide bonds. The number of urea groups is 1. The number of carboxylic acids is 1. The second kappa shape index (κ2) is 6.58. The minimum absolute atomic E-state index is 0.000573. The summed E-state index contributed by atoms with van der Waals surface area (Å²) in [6.07, 6.45) is 1.46. The topological polar surface area (TPSA) is 113 Å². The van der Waals surface area contributed by atoms with Crippen LogP contribution in [0.1, 0.15) is 20.3 Å². The van der Waals surface area contributed by atoms with E-state index in [-0.39, 0.29) is 18.8 Å². The zero-order valence-corrected chi connectivity index (χ0v) is 11.6. The summed E-state index contributed by atoms with van der Waals surface area (Å²) in [7, 11) is -3.12. The Morgan fingerprint density at radius 2 is 1.83 bits per heavy atom. The van der Waals surface area contributed by atoms with Crippen molar-refractivity contribution in [2.45, 2.75) is 20.3 Å². The number of hydrogen-bond donors (Lipinski definition) is 3. The van der Waals surface area contributed by atoms with Crippen LogP contribution >= 0.6 is 0 Å². The van der Waals surface area contributed by atoms with Gasteiger partial charge in [-0.3, -0.25) is 4.79 Å². The highest BCUT2D eigenvalue weighted by atomic mass is 32.2. The Morgan fingerprint density at radius 1 is 1.28 bits per heavy atom. The number of hydrogen-bond acceptors (Lipinski definition) is 4. The summed E-state index contributed by atoms with van der Waals surface area (Å²) >= 11 is 0.